The number of rotatable bonds is 5. The van der Waals surface area contributed by atoms with Gasteiger partial charge in [0, 0.05) is 12.5 Å². The number of amides is 1. The van der Waals surface area contributed by atoms with Crippen molar-refractivity contribution in [1.82, 2.24) is 14.9 Å². The molecule has 0 saturated heterocycles. The first-order valence-electron chi connectivity index (χ1n) is 8.22. The van der Waals surface area contributed by atoms with Crippen molar-refractivity contribution in [2.24, 2.45) is 0 Å². The van der Waals surface area contributed by atoms with Gasteiger partial charge in [-0.3, -0.25) is 4.79 Å². The number of nitrogens with one attached hydrogen (secondary N) is 1. The molecule has 7 heteroatoms. The van der Waals surface area contributed by atoms with Gasteiger partial charge in [-0.2, -0.15) is 0 Å². The number of fused-ring (bicyclic) bond motifs is 1. The van der Waals surface area contributed by atoms with Crippen LogP contribution in [0.3, 0.4) is 0 Å². The molecular weight excluding hydrogens is 340 g/mol. The molecule has 1 heterocycles. The van der Waals surface area contributed by atoms with E-state index in [0.29, 0.717) is 11.3 Å². The lowest BCUT2D eigenvalue weighted by Gasteiger charge is -2.19. The van der Waals surface area contributed by atoms with Gasteiger partial charge in [0.1, 0.15) is 17.5 Å². The zero-order valence-electron chi connectivity index (χ0n) is 14.4. The molecule has 136 valence electrons. The Morgan fingerprint density at radius 2 is 2.00 bits per heavy atom. The lowest BCUT2D eigenvalue weighted by molar-refractivity contribution is -0.119. The molecule has 3 rings (SSSR count). The summed E-state index contributed by atoms with van der Waals surface area (Å²) in [6, 6.07) is 9.84. The normalized spacial score (nSPS) is 13.6. The molecule has 1 unspecified atom stereocenters. The van der Waals surface area contributed by atoms with Gasteiger partial charge in [0.25, 0.3) is 0 Å². The van der Waals surface area contributed by atoms with Crippen LogP contribution in [0.5, 0.6) is 0 Å². The minimum atomic E-state index is -1.27. The zero-order valence-corrected chi connectivity index (χ0v) is 14.4. The summed E-state index contributed by atoms with van der Waals surface area (Å²) in [5, 5.41) is 13.3. The van der Waals surface area contributed by atoms with Crippen molar-refractivity contribution in [2.45, 2.75) is 32.5 Å². The number of carbonyl (C=O) groups excluding carboxylic acids is 1. The SMILES string of the molecule is CC(=O)N[C@@H](C)c1nc2ccccc2n1CC(O)c1cc(F)ccc1F. The molecule has 5 nitrogen and oxygen atoms in total. The first-order chi connectivity index (χ1) is 12.4. The second-order valence-corrected chi connectivity index (χ2v) is 6.17. The monoisotopic (exact) mass is 359 g/mol. The molecule has 0 aliphatic heterocycles. The predicted octanol–water partition coefficient (Wildman–Crippen LogP) is 3.25. The van der Waals surface area contributed by atoms with E-state index in [9.17, 15) is 18.7 Å². The van der Waals surface area contributed by atoms with E-state index in [1.54, 1.807) is 11.5 Å². The summed E-state index contributed by atoms with van der Waals surface area (Å²) in [5.74, 6) is -0.993. The maximum Gasteiger partial charge on any atom is 0.217 e. The summed E-state index contributed by atoms with van der Waals surface area (Å²) < 4.78 is 29.1. The predicted molar refractivity (Wildman–Crippen MR) is 93.3 cm³/mol. The molecule has 0 radical (unpaired) electrons. The summed E-state index contributed by atoms with van der Waals surface area (Å²) in [7, 11) is 0. The number of nitrogens with zero attached hydrogens (tertiary/aromatic N) is 2. The van der Waals surface area contributed by atoms with Crippen molar-refractivity contribution in [3.63, 3.8) is 0 Å². The van der Waals surface area contributed by atoms with Crippen LogP contribution in [0.4, 0.5) is 8.78 Å². The molecule has 2 N–H and O–H groups in total. The lowest BCUT2D eigenvalue weighted by Crippen LogP contribution is -2.27. The number of benzene rings is 2. The first kappa shape index (κ1) is 18.0. The van der Waals surface area contributed by atoms with Gasteiger partial charge in [0.2, 0.25) is 5.91 Å². The highest BCUT2D eigenvalue weighted by atomic mass is 19.1. The van der Waals surface area contributed by atoms with E-state index in [0.717, 1.165) is 23.7 Å². The average molecular weight is 359 g/mol. The lowest BCUT2D eigenvalue weighted by atomic mass is 10.1. The Morgan fingerprint density at radius 1 is 1.27 bits per heavy atom. The Morgan fingerprint density at radius 3 is 2.73 bits per heavy atom. The third-order valence-electron chi connectivity index (χ3n) is 4.16. The third kappa shape index (κ3) is 3.57. The van der Waals surface area contributed by atoms with Crippen LogP contribution >= 0.6 is 0 Å². The number of aliphatic hydroxyl groups excluding tert-OH is 1. The molecule has 3 aromatic rings. The smallest absolute Gasteiger partial charge is 0.217 e. The molecule has 0 fully saturated rings. The summed E-state index contributed by atoms with van der Waals surface area (Å²) in [6.07, 6.45) is -1.27. The molecule has 0 saturated carbocycles. The summed E-state index contributed by atoms with van der Waals surface area (Å²) in [5.41, 5.74) is 1.29. The van der Waals surface area contributed by atoms with E-state index in [-0.39, 0.29) is 18.0 Å². The molecule has 0 aliphatic carbocycles. The van der Waals surface area contributed by atoms with Gasteiger partial charge in [-0.25, -0.2) is 13.8 Å². The van der Waals surface area contributed by atoms with Crippen LogP contribution in [0.2, 0.25) is 0 Å². The van der Waals surface area contributed by atoms with Crippen LogP contribution in [0, 0.1) is 11.6 Å². The average Bonchev–Trinajstić information content (AvgIpc) is 2.95. The molecule has 26 heavy (non-hydrogen) atoms. The van der Waals surface area contributed by atoms with E-state index in [2.05, 4.69) is 10.3 Å². The minimum absolute atomic E-state index is 0.0276. The highest BCUT2D eigenvalue weighted by Gasteiger charge is 2.21. The largest absolute Gasteiger partial charge is 0.386 e. The molecule has 1 aromatic heterocycles. The first-order valence-corrected chi connectivity index (χ1v) is 8.22. The number of imidazole rings is 1. The maximum atomic E-state index is 14.0. The number of carbonyl (C=O) groups is 1. The van der Waals surface area contributed by atoms with E-state index in [4.69, 9.17) is 0 Å². The Labute approximate surface area is 149 Å². The standard InChI is InChI=1S/C19H19F2N3O2/c1-11(22-12(2)25)19-23-16-5-3-4-6-17(16)24(19)10-18(26)14-9-13(20)7-8-15(14)21/h3-9,11,18,26H,10H2,1-2H3,(H,22,25)/t11-,18?/m0/s1. The van der Waals surface area contributed by atoms with Gasteiger partial charge in [0.05, 0.1) is 29.7 Å². The molecule has 0 bridgehead atoms. The van der Waals surface area contributed by atoms with Crippen LogP contribution in [0.1, 0.15) is 37.4 Å². The summed E-state index contributed by atoms with van der Waals surface area (Å²) in [6.45, 7) is 3.15. The molecule has 0 spiro atoms. The minimum Gasteiger partial charge on any atom is -0.386 e. The molecular formula is C19H19F2N3O2. The van der Waals surface area contributed by atoms with Crippen molar-refractivity contribution in [1.29, 1.82) is 0 Å². The number of halogens is 2. The second-order valence-electron chi connectivity index (χ2n) is 6.17. The van der Waals surface area contributed by atoms with E-state index in [1.165, 1.54) is 6.92 Å². The van der Waals surface area contributed by atoms with Crippen LogP contribution in [-0.2, 0) is 11.3 Å². The Kier molecular flexibility index (Phi) is 4.99. The molecule has 2 aromatic carbocycles. The topological polar surface area (TPSA) is 67.2 Å². The fourth-order valence-electron chi connectivity index (χ4n) is 3.03. The highest BCUT2D eigenvalue weighted by molar-refractivity contribution is 5.77. The van der Waals surface area contributed by atoms with Crippen molar-refractivity contribution >= 4 is 16.9 Å². The van der Waals surface area contributed by atoms with Gasteiger partial charge in [-0.05, 0) is 37.3 Å². The van der Waals surface area contributed by atoms with Gasteiger partial charge >= 0.3 is 0 Å². The number of aromatic nitrogens is 2. The number of hydrogen-bond acceptors (Lipinski definition) is 3. The Balaban J connectivity index is 2.02. The van der Waals surface area contributed by atoms with Crippen molar-refractivity contribution in [2.75, 3.05) is 0 Å². The molecule has 1 amide bonds. The van der Waals surface area contributed by atoms with E-state index in [1.807, 2.05) is 24.3 Å². The molecule has 2 atom stereocenters. The number of para-hydroxylation sites is 2. The zero-order chi connectivity index (χ0) is 18.8. The van der Waals surface area contributed by atoms with E-state index >= 15 is 0 Å². The van der Waals surface area contributed by atoms with Gasteiger partial charge in [-0.1, -0.05) is 12.1 Å². The van der Waals surface area contributed by atoms with Crippen molar-refractivity contribution in [3.05, 3.63) is 65.5 Å². The Hall–Kier alpha value is -2.80. The fourth-order valence-corrected chi connectivity index (χ4v) is 3.03. The quantitative estimate of drug-likeness (QED) is 0.735. The van der Waals surface area contributed by atoms with Gasteiger partial charge < -0.3 is 15.0 Å². The highest BCUT2D eigenvalue weighted by Crippen LogP contribution is 2.26. The van der Waals surface area contributed by atoms with Crippen molar-refractivity contribution < 1.29 is 18.7 Å². The maximum absolute atomic E-state index is 14.0. The van der Waals surface area contributed by atoms with Gasteiger partial charge in [0.15, 0.2) is 0 Å². The van der Waals surface area contributed by atoms with Crippen LogP contribution < -0.4 is 5.32 Å². The second kappa shape index (κ2) is 7.21. The number of aliphatic hydroxyl groups is 1. The van der Waals surface area contributed by atoms with Gasteiger partial charge in [-0.15, -0.1) is 0 Å². The van der Waals surface area contributed by atoms with E-state index < -0.39 is 23.8 Å². The van der Waals surface area contributed by atoms with Crippen LogP contribution in [0.25, 0.3) is 11.0 Å². The van der Waals surface area contributed by atoms with Crippen LogP contribution in [-0.4, -0.2) is 20.6 Å². The van der Waals surface area contributed by atoms with Crippen molar-refractivity contribution in [3.8, 4) is 0 Å². The summed E-state index contributed by atoms with van der Waals surface area (Å²) >= 11 is 0. The summed E-state index contributed by atoms with van der Waals surface area (Å²) in [4.78, 5) is 15.9. The third-order valence-corrected chi connectivity index (χ3v) is 4.16. The molecule has 0 aliphatic rings. The van der Waals surface area contributed by atoms with Crippen LogP contribution in [0.15, 0.2) is 42.5 Å². The Bertz CT molecular complexity index is 955. The number of hydrogen-bond donors (Lipinski definition) is 2. The fraction of sp³-hybridized carbons (Fsp3) is 0.263.